The normalized spacial score (nSPS) is 17.5. The fourth-order valence-electron chi connectivity index (χ4n) is 7.21. The Balaban J connectivity index is 1.88. The SMILES string of the molecule is COc1c(C2=CC(C(C)(C)C)(C(C)(C)C)C=C(C(C)(C)C)C2Op2oc3ccccc3c3ccccc3o2)cccc1C(C)(C)C. The predicted octanol–water partition coefficient (Wildman–Crippen LogP) is 12.5. The lowest BCUT2D eigenvalue weighted by molar-refractivity contribution is 0.0612. The molecule has 0 aliphatic heterocycles. The van der Waals surface area contributed by atoms with Crippen LogP contribution in [-0.4, -0.2) is 13.2 Å². The monoisotopic (exact) mass is 640 g/mol. The van der Waals surface area contributed by atoms with E-state index in [0.29, 0.717) is 0 Å². The topological polar surface area (TPSA) is 44.7 Å². The Bertz CT molecular complexity index is 1770. The molecule has 4 nitrogen and oxygen atoms in total. The number of rotatable bonds is 4. The summed E-state index contributed by atoms with van der Waals surface area (Å²) in [7, 11) is -0.0570. The van der Waals surface area contributed by atoms with Gasteiger partial charge in [0.25, 0.3) is 0 Å². The summed E-state index contributed by atoms with van der Waals surface area (Å²) in [5.74, 6) is 0.882. The lowest BCUT2D eigenvalue weighted by atomic mass is 9.50. The van der Waals surface area contributed by atoms with Crippen LogP contribution in [0.15, 0.2) is 92.8 Å². The molecule has 0 bridgehead atoms. The Kier molecular flexibility index (Phi) is 8.76. The maximum atomic E-state index is 7.20. The Labute approximate surface area is 277 Å². The van der Waals surface area contributed by atoms with Crippen LogP contribution in [-0.2, 0) is 5.41 Å². The molecule has 0 radical (unpaired) electrons. The van der Waals surface area contributed by atoms with Crippen molar-refractivity contribution in [1.82, 2.24) is 0 Å². The molecule has 0 amide bonds. The number of hydrogen-bond acceptors (Lipinski definition) is 4. The molecule has 1 unspecified atom stereocenters. The molecule has 0 N–H and O–H groups in total. The molecule has 1 atom stereocenters. The van der Waals surface area contributed by atoms with Crippen molar-refractivity contribution in [3.63, 3.8) is 0 Å². The van der Waals surface area contributed by atoms with Gasteiger partial charge in [-0.1, -0.05) is 150 Å². The van der Waals surface area contributed by atoms with Crippen LogP contribution >= 0.6 is 8.24 Å². The highest BCUT2D eigenvalue weighted by Crippen LogP contribution is 2.60. The first-order valence-electron chi connectivity index (χ1n) is 16.4. The van der Waals surface area contributed by atoms with E-state index < -0.39 is 14.3 Å². The van der Waals surface area contributed by atoms with Gasteiger partial charge in [-0.05, 0) is 44.9 Å². The van der Waals surface area contributed by atoms with E-state index in [9.17, 15) is 0 Å². The van der Waals surface area contributed by atoms with Gasteiger partial charge in [-0.15, -0.1) is 0 Å². The smallest absolute Gasteiger partial charge is 0.388 e. The van der Waals surface area contributed by atoms with Crippen molar-refractivity contribution in [2.45, 2.75) is 94.6 Å². The maximum Gasteiger partial charge on any atom is 0.388 e. The van der Waals surface area contributed by atoms with E-state index in [4.69, 9.17) is 17.7 Å². The lowest BCUT2D eigenvalue weighted by Gasteiger charge is -2.54. The number of allylic oxidation sites excluding steroid dienone is 2. The molecule has 1 aliphatic rings. The summed E-state index contributed by atoms with van der Waals surface area (Å²) in [4.78, 5) is 0. The molecule has 246 valence electrons. The second-order valence-corrected chi connectivity index (χ2v) is 17.9. The van der Waals surface area contributed by atoms with Gasteiger partial charge in [-0.3, -0.25) is 4.52 Å². The zero-order chi connectivity index (χ0) is 33.9. The van der Waals surface area contributed by atoms with Crippen molar-refractivity contribution in [1.29, 1.82) is 0 Å². The summed E-state index contributed by atoms with van der Waals surface area (Å²) >= 11 is 0. The van der Waals surface area contributed by atoms with Crippen LogP contribution < -0.4 is 9.26 Å². The standard InChI is InChI=1S/C41H53O4P/c1-37(2,3)31-22-18-21-29(35(31)42-13)30-25-41(39(7,8)9,40(10,11)12)26-32(38(4,5)6)36(30)45-46-43-33-23-16-14-19-27(33)28-20-15-17-24-34(28)44-46/h14-26,36H,1-13H3. The summed E-state index contributed by atoms with van der Waals surface area (Å²) in [6, 6.07) is 22.7. The Morgan fingerprint density at radius 3 is 1.61 bits per heavy atom. The second kappa shape index (κ2) is 11.8. The van der Waals surface area contributed by atoms with Crippen LogP contribution in [0.1, 0.15) is 94.2 Å². The first-order valence-corrected chi connectivity index (χ1v) is 17.5. The van der Waals surface area contributed by atoms with E-state index in [-0.39, 0.29) is 27.1 Å². The van der Waals surface area contributed by atoms with E-state index in [1.165, 1.54) is 5.57 Å². The van der Waals surface area contributed by atoms with E-state index in [2.05, 4.69) is 126 Å². The van der Waals surface area contributed by atoms with Crippen LogP contribution in [0.4, 0.5) is 0 Å². The number of ether oxygens (including phenoxy) is 1. The van der Waals surface area contributed by atoms with Crippen molar-refractivity contribution in [3.8, 4) is 5.75 Å². The summed E-state index contributed by atoms with van der Waals surface area (Å²) in [6.07, 6.45) is 4.55. The molecule has 0 saturated heterocycles. The van der Waals surface area contributed by atoms with Gasteiger partial charge < -0.3 is 13.1 Å². The van der Waals surface area contributed by atoms with Crippen molar-refractivity contribution >= 4 is 35.8 Å². The highest BCUT2D eigenvalue weighted by Gasteiger charge is 2.52. The number of para-hydroxylation sites is 3. The summed E-state index contributed by atoms with van der Waals surface area (Å²) in [6.45, 7) is 27.6. The third-order valence-electron chi connectivity index (χ3n) is 9.62. The van der Waals surface area contributed by atoms with Crippen LogP contribution in [0, 0.1) is 21.7 Å². The third-order valence-corrected chi connectivity index (χ3v) is 10.7. The molecular weight excluding hydrogens is 587 g/mol. The quantitative estimate of drug-likeness (QED) is 0.208. The van der Waals surface area contributed by atoms with Crippen molar-refractivity contribution < 1.29 is 17.7 Å². The van der Waals surface area contributed by atoms with Gasteiger partial charge in [-0.2, -0.15) is 0 Å². The number of fused-ring (bicyclic) bond motifs is 3. The van der Waals surface area contributed by atoms with E-state index >= 15 is 0 Å². The van der Waals surface area contributed by atoms with E-state index in [1.54, 1.807) is 7.11 Å². The van der Waals surface area contributed by atoms with Crippen molar-refractivity contribution in [3.05, 3.63) is 95.6 Å². The number of hydrogen-bond donors (Lipinski definition) is 0. The fraction of sp³-hybridized carbons (Fsp3) is 0.463. The maximum absolute atomic E-state index is 7.20. The minimum absolute atomic E-state index is 0.106. The molecule has 5 rings (SSSR count). The van der Waals surface area contributed by atoms with Crippen molar-refractivity contribution in [2.75, 3.05) is 7.11 Å². The average Bonchev–Trinajstić information content (AvgIpc) is 3.10. The zero-order valence-corrected chi connectivity index (χ0v) is 31.1. The summed E-state index contributed by atoms with van der Waals surface area (Å²) in [5.41, 5.74) is 5.14. The molecule has 0 saturated carbocycles. The van der Waals surface area contributed by atoms with Gasteiger partial charge in [0.15, 0.2) is 0 Å². The van der Waals surface area contributed by atoms with Crippen LogP contribution in [0.25, 0.3) is 27.5 Å². The Morgan fingerprint density at radius 1 is 0.630 bits per heavy atom. The van der Waals surface area contributed by atoms with Gasteiger partial charge in [0.05, 0.1) is 7.11 Å². The molecule has 46 heavy (non-hydrogen) atoms. The molecular formula is C41H53O4P. The Hall–Kier alpha value is -3.20. The summed E-state index contributed by atoms with van der Waals surface area (Å²) in [5, 5.41) is 1.99. The largest absolute Gasteiger partial charge is 0.496 e. The summed E-state index contributed by atoms with van der Waals surface area (Å²) < 4.78 is 26.8. The van der Waals surface area contributed by atoms with E-state index in [0.717, 1.165) is 44.4 Å². The van der Waals surface area contributed by atoms with Gasteiger partial charge in [-0.25, -0.2) is 0 Å². The Morgan fingerprint density at radius 2 is 1.15 bits per heavy atom. The predicted molar refractivity (Wildman–Crippen MR) is 195 cm³/mol. The fourth-order valence-corrected chi connectivity index (χ4v) is 8.37. The molecule has 5 heteroatoms. The minimum Gasteiger partial charge on any atom is -0.496 e. The van der Waals surface area contributed by atoms with Crippen LogP contribution in [0.2, 0.25) is 0 Å². The number of methoxy groups -OCH3 is 1. The third kappa shape index (κ3) is 6.12. The lowest BCUT2D eigenvalue weighted by Crippen LogP contribution is -2.48. The molecule has 4 aromatic rings. The van der Waals surface area contributed by atoms with Gasteiger partial charge in [0.1, 0.15) is 23.0 Å². The van der Waals surface area contributed by atoms with Gasteiger partial charge in [0, 0.05) is 27.3 Å². The van der Waals surface area contributed by atoms with Crippen LogP contribution in [0.3, 0.4) is 0 Å². The van der Waals surface area contributed by atoms with Crippen molar-refractivity contribution in [2.24, 2.45) is 21.7 Å². The van der Waals surface area contributed by atoms with Gasteiger partial charge >= 0.3 is 8.24 Å². The molecule has 0 fully saturated rings. The molecule has 1 aromatic heterocycles. The average molecular weight is 641 g/mol. The molecule has 3 aromatic carbocycles. The number of benzene rings is 3. The van der Waals surface area contributed by atoms with E-state index in [1.807, 2.05) is 36.4 Å². The first-order chi connectivity index (χ1) is 21.3. The van der Waals surface area contributed by atoms with Crippen LogP contribution in [0.5, 0.6) is 5.75 Å². The minimum atomic E-state index is -1.84. The van der Waals surface area contributed by atoms with Gasteiger partial charge in [0.2, 0.25) is 0 Å². The highest BCUT2D eigenvalue weighted by atomic mass is 31.1. The molecule has 1 aliphatic carbocycles. The first kappa shape index (κ1) is 34.1. The zero-order valence-electron chi connectivity index (χ0n) is 30.2. The molecule has 0 spiro atoms. The highest BCUT2D eigenvalue weighted by molar-refractivity contribution is 7.31. The molecule has 1 heterocycles. The second-order valence-electron chi connectivity index (χ2n) is 16.8.